The summed E-state index contributed by atoms with van der Waals surface area (Å²) in [7, 11) is 0. The number of benzene rings is 2. The van der Waals surface area contributed by atoms with Crippen molar-refractivity contribution in [1.29, 1.82) is 0 Å². The van der Waals surface area contributed by atoms with Crippen molar-refractivity contribution in [2.24, 2.45) is 0 Å². The van der Waals surface area contributed by atoms with E-state index >= 15 is 0 Å². The second kappa shape index (κ2) is 8.59. The molecule has 0 aliphatic heterocycles. The van der Waals surface area contributed by atoms with Crippen LogP contribution in [0.1, 0.15) is 44.2 Å². The number of para-hydroxylation sites is 1. The normalized spacial score (nSPS) is 12.2. The third-order valence-electron chi connectivity index (χ3n) is 3.93. The molecule has 2 aromatic carbocycles. The Kier molecular flexibility index (Phi) is 6.76. The third kappa shape index (κ3) is 4.78. The van der Waals surface area contributed by atoms with Crippen LogP contribution in [0.2, 0.25) is 5.02 Å². The molecule has 0 aliphatic carbocycles. The van der Waals surface area contributed by atoms with Gasteiger partial charge in [0.15, 0.2) is 0 Å². The van der Waals surface area contributed by atoms with Crippen LogP contribution in [0.3, 0.4) is 0 Å². The van der Waals surface area contributed by atoms with Crippen LogP contribution in [0.4, 0.5) is 5.69 Å². The molecule has 0 heterocycles. The molecular formula is C20H24ClNOS. The first-order chi connectivity index (χ1) is 11.4. The summed E-state index contributed by atoms with van der Waals surface area (Å²) in [5, 5.41) is 3.73. The van der Waals surface area contributed by atoms with Gasteiger partial charge in [-0.3, -0.25) is 4.79 Å². The van der Waals surface area contributed by atoms with Crippen LogP contribution in [-0.2, 0) is 4.79 Å². The first-order valence-corrected chi connectivity index (χ1v) is 9.50. The lowest BCUT2D eigenvalue weighted by molar-refractivity contribution is -0.115. The number of halogens is 1. The molecule has 1 N–H and O–H groups in total. The van der Waals surface area contributed by atoms with Gasteiger partial charge in [0.1, 0.15) is 0 Å². The van der Waals surface area contributed by atoms with Crippen LogP contribution in [0.15, 0.2) is 47.4 Å². The Hall–Kier alpha value is -1.45. The molecule has 4 heteroatoms. The van der Waals surface area contributed by atoms with Crippen LogP contribution in [0, 0.1) is 6.92 Å². The maximum atomic E-state index is 12.8. The van der Waals surface area contributed by atoms with E-state index in [4.69, 9.17) is 11.6 Å². The van der Waals surface area contributed by atoms with E-state index in [-0.39, 0.29) is 11.2 Å². The highest BCUT2D eigenvalue weighted by Gasteiger charge is 2.20. The number of hydrogen-bond donors (Lipinski definition) is 1. The number of thioether (sulfide) groups is 1. The quantitative estimate of drug-likeness (QED) is 0.613. The van der Waals surface area contributed by atoms with Crippen molar-refractivity contribution >= 4 is 35.0 Å². The predicted molar refractivity (Wildman–Crippen MR) is 105 cm³/mol. The Labute approximate surface area is 154 Å². The second-order valence-electron chi connectivity index (χ2n) is 6.15. The smallest absolute Gasteiger partial charge is 0.237 e. The molecule has 1 amide bonds. The number of rotatable bonds is 6. The first kappa shape index (κ1) is 18.9. The minimum atomic E-state index is -0.134. The van der Waals surface area contributed by atoms with E-state index in [2.05, 4.69) is 25.2 Å². The van der Waals surface area contributed by atoms with E-state index in [1.165, 1.54) is 5.56 Å². The first-order valence-electron chi connectivity index (χ1n) is 8.25. The zero-order valence-electron chi connectivity index (χ0n) is 14.6. The summed E-state index contributed by atoms with van der Waals surface area (Å²) in [6.45, 7) is 8.36. The van der Waals surface area contributed by atoms with Crippen LogP contribution in [0.25, 0.3) is 0 Å². The number of hydrogen-bond acceptors (Lipinski definition) is 2. The molecular weight excluding hydrogens is 338 g/mol. The van der Waals surface area contributed by atoms with Crippen molar-refractivity contribution in [3.63, 3.8) is 0 Å². The molecule has 0 saturated carbocycles. The van der Waals surface area contributed by atoms with Crippen LogP contribution < -0.4 is 5.32 Å². The molecule has 0 unspecified atom stereocenters. The molecule has 0 aromatic heterocycles. The Bertz CT molecular complexity index is 697. The van der Waals surface area contributed by atoms with E-state index < -0.39 is 0 Å². The highest BCUT2D eigenvalue weighted by Crippen LogP contribution is 2.31. The predicted octanol–water partition coefficient (Wildman–Crippen LogP) is 6.28. The van der Waals surface area contributed by atoms with Crippen LogP contribution >= 0.6 is 23.4 Å². The SMILES string of the molecule is CC[C@H](Sc1ccc(Cl)cc1)C(=O)Nc1c(C)cccc1C(C)C. The number of nitrogens with one attached hydrogen (secondary N) is 1. The lowest BCUT2D eigenvalue weighted by Crippen LogP contribution is -2.25. The summed E-state index contributed by atoms with van der Waals surface area (Å²) in [4.78, 5) is 13.8. The zero-order chi connectivity index (χ0) is 17.7. The molecule has 1 atom stereocenters. The molecule has 128 valence electrons. The van der Waals surface area contributed by atoms with Crippen molar-refractivity contribution in [2.75, 3.05) is 5.32 Å². The van der Waals surface area contributed by atoms with Gasteiger partial charge in [-0.2, -0.15) is 0 Å². The van der Waals surface area contributed by atoms with Gasteiger partial charge >= 0.3 is 0 Å². The fraction of sp³-hybridized carbons (Fsp3) is 0.350. The molecule has 0 aliphatic rings. The Morgan fingerprint density at radius 3 is 2.42 bits per heavy atom. The van der Waals surface area contributed by atoms with Crippen molar-refractivity contribution in [2.45, 2.75) is 50.2 Å². The van der Waals surface area contributed by atoms with Gasteiger partial charge in [-0.25, -0.2) is 0 Å². The number of anilines is 1. The second-order valence-corrected chi connectivity index (χ2v) is 7.86. The number of carbonyl (C=O) groups is 1. The molecule has 0 spiro atoms. The topological polar surface area (TPSA) is 29.1 Å². The van der Waals surface area contributed by atoms with Crippen molar-refractivity contribution in [1.82, 2.24) is 0 Å². The van der Waals surface area contributed by atoms with Gasteiger partial charge in [0, 0.05) is 15.6 Å². The van der Waals surface area contributed by atoms with E-state index in [1.54, 1.807) is 11.8 Å². The van der Waals surface area contributed by atoms with Gasteiger partial charge in [0.25, 0.3) is 0 Å². The molecule has 0 fully saturated rings. The average molecular weight is 362 g/mol. The average Bonchev–Trinajstić information content (AvgIpc) is 2.55. The Morgan fingerprint density at radius 2 is 1.83 bits per heavy atom. The van der Waals surface area contributed by atoms with Gasteiger partial charge in [-0.05, 0) is 54.7 Å². The summed E-state index contributed by atoms with van der Waals surface area (Å²) in [6.07, 6.45) is 0.766. The lowest BCUT2D eigenvalue weighted by Gasteiger charge is -2.20. The molecule has 2 aromatic rings. The summed E-state index contributed by atoms with van der Waals surface area (Å²) < 4.78 is 0. The molecule has 0 bridgehead atoms. The summed E-state index contributed by atoms with van der Waals surface area (Å²) in [5.41, 5.74) is 3.23. The highest BCUT2D eigenvalue weighted by atomic mass is 35.5. The van der Waals surface area contributed by atoms with Gasteiger partial charge < -0.3 is 5.32 Å². The van der Waals surface area contributed by atoms with Crippen LogP contribution in [-0.4, -0.2) is 11.2 Å². The fourth-order valence-corrected chi connectivity index (χ4v) is 3.63. The van der Waals surface area contributed by atoms with E-state index in [0.29, 0.717) is 10.9 Å². The van der Waals surface area contributed by atoms with E-state index in [1.807, 2.05) is 50.2 Å². The maximum Gasteiger partial charge on any atom is 0.237 e. The van der Waals surface area contributed by atoms with E-state index in [0.717, 1.165) is 22.6 Å². The van der Waals surface area contributed by atoms with Crippen molar-refractivity contribution < 1.29 is 4.79 Å². The summed E-state index contributed by atoms with van der Waals surface area (Å²) in [5.74, 6) is 0.415. The maximum absolute atomic E-state index is 12.8. The minimum absolute atomic E-state index is 0.0497. The molecule has 24 heavy (non-hydrogen) atoms. The Morgan fingerprint density at radius 1 is 1.17 bits per heavy atom. The number of amides is 1. The largest absolute Gasteiger partial charge is 0.325 e. The van der Waals surface area contributed by atoms with Gasteiger partial charge in [0.05, 0.1) is 5.25 Å². The number of aryl methyl sites for hydroxylation is 1. The van der Waals surface area contributed by atoms with E-state index in [9.17, 15) is 4.79 Å². The zero-order valence-corrected chi connectivity index (χ0v) is 16.2. The minimum Gasteiger partial charge on any atom is -0.325 e. The lowest BCUT2D eigenvalue weighted by atomic mass is 9.98. The highest BCUT2D eigenvalue weighted by molar-refractivity contribution is 8.00. The fourth-order valence-electron chi connectivity index (χ4n) is 2.55. The Balaban J connectivity index is 2.16. The van der Waals surface area contributed by atoms with Gasteiger partial charge in [0.2, 0.25) is 5.91 Å². The number of carbonyl (C=O) groups excluding carboxylic acids is 1. The van der Waals surface area contributed by atoms with Crippen LogP contribution in [0.5, 0.6) is 0 Å². The standard InChI is InChI=1S/C20H24ClNOS/c1-5-18(24-16-11-9-15(21)10-12-16)20(23)22-19-14(4)7-6-8-17(19)13(2)3/h6-13,18H,5H2,1-4H3,(H,22,23)/t18-/m0/s1. The van der Waals surface area contributed by atoms with Gasteiger partial charge in [-0.15, -0.1) is 11.8 Å². The van der Waals surface area contributed by atoms with Crippen molar-refractivity contribution in [3.05, 3.63) is 58.6 Å². The summed E-state index contributed by atoms with van der Waals surface area (Å²) in [6, 6.07) is 13.8. The molecule has 2 rings (SSSR count). The monoisotopic (exact) mass is 361 g/mol. The van der Waals surface area contributed by atoms with Crippen molar-refractivity contribution in [3.8, 4) is 0 Å². The summed E-state index contributed by atoms with van der Waals surface area (Å²) >= 11 is 7.50. The molecule has 2 nitrogen and oxygen atoms in total. The van der Waals surface area contributed by atoms with Gasteiger partial charge in [-0.1, -0.05) is 50.6 Å². The third-order valence-corrected chi connectivity index (χ3v) is 5.56. The molecule has 0 saturated heterocycles. The molecule has 0 radical (unpaired) electrons.